The first-order valence-corrected chi connectivity index (χ1v) is 15.3. The Morgan fingerprint density at radius 3 is 2.61 bits per heavy atom. The minimum Gasteiger partial charge on any atom is -0.492 e. The molecule has 2 saturated heterocycles. The maximum atomic E-state index is 14.8. The second kappa shape index (κ2) is 11.1. The molecular formula is C35H34FN7O. The molecule has 0 atom stereocenters. The standard InChI is InChI=1S/C35H34FN7O/c36-24-15-23(16-26(18-24)44-14-13-42-11-1-2-12-42)27-5-3-7-31-28(27)19-33(38-31)35-29-17-22(9-10-32(29)40-41-35)30-6-4-8-34(39-30)43-20-25(37)21-43/h3-10,15-19,25,38H,1-2,11-14,20-21,37H2,(H,40,41). The van der Waals surface area contributed by atoms with Crippen molar-refractivity contribution in [3.05, 3.63) is 84.7 Å². The molecule has 0 radical (unpaired) electrons. The van der Waals surface area contributed by atoms with Crippen molar-refractivity contribution in [1.82, 2.24) is 25.1 Å². The summed E-state index contributed by atoms with van der Waals surface area (Å²) in [5.74, 6) is 1.18. The van der Waals surface area contributed by atoms with Gasteiger partial charge in [0, 0.05) is 53.6 Å². The Hall–Kier alpha value is -4.73. The number of hydrogen-bond donors (Lipinski definition) is 3. The summed E-state index contributed by atoms with van der Waals surface area (Å²) in [5, 5.41) is 9.85. The van der Waals surface area contributed by atoms with Crippen LogP contribution >= 0.6 is 0 Å². The monoisotopic (exact) mass is 587 g/mol. The molecule has 2 aliphatic rings. The summed E-state index contributed by atoms with van der Waals surface area (Å²) >= 11 is 0. The third-order valence-electron chi connectivity index (χ3n) is 8.80. The van der Waals surface area contributed by atoms with Crippen LogP contribution in [0.15, 0.2) is 78.9 Å². The molecule has 222 valence electrons. The molecule has 2 aliphatic heterocycles. The maximum absolute atomic E-state index is 14.8. The van der Waals surface area contributed by atoms with Gasteiger partial charge in [0.15, 0.2) is 0 Å². The average molecular weight is 588 g/mol. The maximum Gasteiger partial charge on any atom is 0.129 e. The highest BCUT2D eigenvalue weighted by atomic mass is 19.1. The number of rotatable bonds is 8. The van der Waals surface area contributed by atoms with Gasteiger partial charge in [-0.2, -0.15) is 5.10 Å². The summed E-state index contributed by atoms with van der Waals surface area (Å²) in [5.41, 5.74) is 13.2. The van der Waals surface area contributed by atoms with Gasteiger partial charge < -0.3 is 20.4 Å². The molecule has 2 fully saturated rings. The van der Waals surface area contributed by atoms with Gasteiger partial charge in [0.05, 0.1) is 16.9 Å². The van der Waals surface area contributed by atoms with Crippen LogP contribution in [0.25, 0.3) is 55.6 Å². The first-order chi connectivity index (χ1) is 21.6. The van der Waals surface area contributed by atoms with E-state index in [4.69, 9.17) is 15.5 Å². The molecule has 0 unspecified atom stereocenters. The number of H-pyrrole nitrogens is 2. The third-order valence-corrected chi connectivity index (χ3v) is 8.80. The highest BCUT2D eigenvalue weighted by molar-refractivity contribution is 6.02. The van der Waals surface area contributed by atoms with Crippen molar-refractivity contribution in [2.45, 2.75) is 18.9 Å². The molecule has 6 aromatic rings. The second-order valence-electron chi connectivity index (χ2n) is 11.9. The molecule has 8 nitrogen and oxygen atoms in total. The van der Waals surface area contributed by atoms with Crippen LogP contribution in [-0.4, -0.2) is 70.4 Å². The highest BCUT2D eigenvalue weighted by Crippen LogP contribution is 2.36. The number of anilines is 1. The van der Waals surface area contributed by atoms with Gasteiger partial charge in [0.2, 0.25) is 0 Å². The van der Waals surface area contributed by atoms with Crippen molar-refractivity contribution < 1.29 is 9.13 Å². The van der Waals surface area contributed by atoms with Crippen molar-refractivity contribution in [2.75, 3.05) is 44.2 Å². The van der Waals surface area contributed by atoms with Crippen LogP contribution in [0.5, 0.6) is 5.75 Å². The van der Waals surface area contributed by atoms with Crippen LogP contribution < -0.4 is 15.4 Å². The number of nitrogens with one attached hydrogen (secondary N) is 2. The Balaban J connectivity index is 1.11. The first kappa shape index (κ1) is 26.9. The van der Waals surface area contributed by atoms with Crippen LogP contribution in [0.4, 0.5) is 10.2 Å². The zero-order chi connectivity index (χ0) is 29.6. The van der Waals surface area contributed by atoms with Crippen molar-refractivity contribution >= 4 is 27.6 Å². The molecule has 3 aromatic heterocycles. The molecule has 44 heavy (non-hydrogen) atoms. The molecule has 0 spiro atoms. The number of benzene rings is 3. The number of hydrogen-bond acceptors (Lipinski definition) is 6. The van der Waals surface area contributed by atoms with Gasteiger partial charge >= 0.3 is 0 Å². The average Bonchev–Trinajstić information content (AvgIpc) is 3.78. The molecule has 9 heteroatoms. The number of halogens is 1. The van der Waals surface area contributed by atoms with E-state index in [1.165, 1.54) is 18.9 Å². The lowest BCUT2D eigenvalue weighted by molar-refractivity contribution is 0.237. The number of ether oxygens (including phenoxy) is 1. The zero-order valence-corrected chi connectivity index (χ0v) is 24.4. The summed E-state index contributed by atoms with van der Waals surface area (Å²) in [7, 11) is 0. The fraction of sp³-hybridized carbons (Fsp3) is 0.257. The normalized spacial score (nSPS) is 15.8. The highest BCUT2D eigenvalue weighted by Gasteiger charge is 2.24. The smallest absolute Gasteiger partial charge is 0.129 e. The van der Waals surface area contributed by atoms with Crippen LogP contribution in [-0.2, 0) is 0 Å². The van der Waals surface area contributed by atoms with Crippen molar-refractivity contribution in [3.63, 3.8) is 0 Å². The molecule has 0 bridgehead atoms. The van der Waals surface area contributed by atoms with Gasteiger partial charge in [-0.1, -0.05) is 24.3 Å². The SMILES string of the molecule is NC1CN(c2cccc(-c3ccc4[nH]nc(-c5cc6c(-c7cc(F)cc(OCCN8CCCC8)c7)cccc6[nH]5)c4c3)n2)C1. The van der Waals surface area contributed by atoms with E-state index in [9.17, 15) is 4.39 Å². The molecule has 3 aromatic carbocycles. The predicted molar refractivity (Wildman–Crippen MR) is 173 cm³/mol. The molecular weight excluding hydrogens is 553 g/mol. The van der Waals surface area contributed by atoms with E-state index < -0.39 is 0 Å². The van der Waals surface area contributed by atoms with Gasteiger partial charge in [-0.05, 0) is 85.6 Å². The number of aromatic amines is 2. The van der Waals surface area contributed by atoms with Crippen LogP contribution in [0.3, 0.4) is 0 Å². The van der Waals surface area contributed by atoms with E-state index in [0.29, 0.717) is 12.4 Å². The number of fused-ring (bicyclic) bond motifs is 2. The largest absolute Gasteiger partial charge is 0.492 e. The minimum atomic E-state index is -0.313. The number of nitrogens with zero attached hydrogens (tertiary/aromatic N) is 4. The topological polar surface area (TPSA) is 99.1 Å². The number of likely N-dealkylation sites (tertiary alicyclic amines) is 1. The summed E-state index contributed by atoms with van der Waals surface area (Å²) in [6.45, 7) is 5.28. The van der Waals surface area contributed by atoms with Gasteiger partial charge in [0.25, 0.3) is 0 Å². The number of nitrogens with two attached hydrogens (primary N) is 1. The Kier molecular flexibility index (Phi) is 6.76. The van der Waals surface area contributed by atoms with E-state index in [1.54, 1.807) is 6.07 Å². The van der Waals surface area contributed by atoms with Gasteiger partial charge in [-0.15, -0.1) is 0 Å². The lowest BCUT2D eigenvalue weighted by atomic mass is 10.0. The second-order valence-corrected chi connectivity index (χ2v) is 11.9. The van der Waals surface area contributed by atoms with E-state index in [1.807, 2.05) is 48.5 Å². The molecule has 0 amide bonds. The Bertz CT molecular complexity index is 1970. The van der Waals surface area contributed by atoms with Crippen LogP contribution in [0.1, 0.15) is 12.8 Å². The third kappa shape index (κ3) is 5.08. The fourth-order valence-corrected chi connectivity index (χ4v) is 6.47. The van der Waals surface area contributed by atoms with E-state index in [0.717, 1.165) is 94.1 Å². The van der Waals surface area contributed by atoms with Crippen molar-refractivity contribution in [2.24, 2.45) is 5.73 Å². The molecule has 8 rings (SSSR count). The molecule has 5 heterocycles. The summed E-state index contributed by atoms with van der Waals surface area (Å²) in [6, 6.07) is 25.7. The lowest BCUT2D eigenvalue weighted by Gasteiger charge is -2.37. The quantitative estimate of drug-likeness (QED) is 0.196. The predicted octanol–water partition coefficient (Wildman–Crippen LogP) is 6.20. The molecule has 4 N–H and O–H groups in total. The Labute approximate surface area is 254 Å². The summed E-state index contributed by atoms with van der Waals surface area (Å²) in [4.78, 5) is 13.0. The summed E-state index contributed by atoms with van der Waals surface area (Å²) < 4.78 is 20.8. The van der Waals surface area contributed by atoms with Crippen molar-refractivity contribution in [3.8, 4) is 39.5 Å². The van der Waals surface area contributed by atoms with Crippen LogP contribution in [0, 0.1) is 5.82 Å². The lowest BCUT2D eigenvalue weighted by Crippen LogP contribution is -2.56. The first-order valence-electron chi connectivity index (χ1n) is 15.3. The number of aromatic nitrogens is 4. The van der Waals surface area contributed by atoms with Crippen molar-refractivity contribution in [1.29, 1.82) is 0 Å². The van der Waals surface area contributed by atoms with Gasteiger partial charge in [0.1, 0.15) is 29.7 Å². The molecule has 0 aliphatic carbocycles. The van der Waals surface area contributed by atoms with Gasteiger partial charge in [-0.25, -0.2) is 9.37 Å². The molecule has 0 saturated carbocycles. The van der Waals surface area contributed by atoms with E-state index in [-0.39, 0.29) is 11.9 Å². The Morgan fingerprint density at radius 1 is 0.886 bits per heavy atom. The summed E-state index contributed by atoms with van der Waals surface area (Å²) in [6.07, 6.45) is 2.48. The fourth-order valence-electron chi connectivity index (χ4n) is 6.47. The van der Waals surface area contributed by atoms with E-state index in [2.05, 4.69) is 43.2 Å². The minimum absolute atomic E-state index is 0.211. The Morgan fingerprint density at radius 2 is 1.75 bits per heavy atom. The zero-order valence-electron chi connectivity index (χ0n) is 24.4. The van der Waals surface area contributed by atoms with Crippen LogP contribution in [0.2, 0.25) is 0 Å². The van der Waals surface area contributed by atoms with Gasteiger partial charge in [-0.3, -0.25) is 10.00 Å². The number of pyridine rings is 1. The van der Waals surface area contributed by atoms with E-state index >= 15 is 0 Å².